The molecule has 1 heterocycles. The smallest absolute Gasteiger partial charge is 0.259 e. The molecule has 1 amide bonds. The molecule has 1 aliphatic heterocycles. The highest BCUT2D eigenvalue weighted by Gasteiger charge is 2.15. The summed E-state index contributed by atoms with van der Waals surface area (Å²) in [5, 5.41) is 2.95. The molecule has 1 fully saturated rings. The zero-order chi connectivity index (χ0) is 17.6. The third kappa shape index (κ3) is 4.31. The number of amides is 1. The normalized spacial score (nSPS) is 15.0. The topological polar surface area (TPSA) is 44.8 Å². The van der Waals surface area contributed by atoms with E-state index in [2.05, 4.69) is 34.3 Å². The summed E-state index contributed by atoms with van der Waals surface area (Å²) in [5.74, 6) is 0.452. The zero-order valence-corrected chi connectivity index (χ0v) is 14.9. The lowest BCUT2D eigenvalue weighted by Gasteiger charge is -2.34. The minimum atomic E-state index is -0.156. The van der Waals surface area contributed by atoms with Crippen LogP contribution in [0.4, 0.5) is 11.4 Å². The van der Waals surface area contributed by atoms with Gasteiger partial charge in [0, 0.05) is 37.6 Å². The number of para-hydroxylation sites is 1. The average Bonchev–Trinajstić information content (AvgIpc) is 2.64. The summed E-state index contributed by atoms with van der Waals surface area (Å²) in [6, 6.07) is 15.3. The number of carbonyl (C=O) groups excluding carboxylic acids is 1. The highest BCUT2D eigenvalue weighted by Crippen LogP contribution is 2.22. The fraction of sp³-hybridized carbons (Fsp3) is 0.350. The summed E-state index contributed by atoms with van der Waals surface area (Å²) in [5.41, 5.74) is 2.53. The number of ether oxygens (including phenoxy) is 1. The van der Waals surface area contributed by atoms with Gasteiger partial charge in [-0.2, -0.15) is 0 Å². The molecule has 2 aromatic rings. The highest BCUT2D eigenvalue weighted by molar-refractivity contribution is 6.06. The van der Waals surface area contributed by atoms with E-state index in [0.29, 0.717) is 17.9 Å². The molecule has 0 saturated carbocycles. The number of hydrogen-bond donors (Lipinski definition) is 1. The van der Waals surface area contributed by atoms with Crippen LogP contribution < -0.4 is 15.0 Å². The van der Waals surface area contributed by atoms with E-state index >= 15 is 0 Å². The van der Waals surface area contributed by atoms with Crippen LogP contribution in [0, 0.1) is 0 Å². The van der Waals surface area contributed by atoms with Gasteiger partial charge in [-0.1, -0.05) is 12.1 Å². The SMILES string of the molecule is CCOc1ccccc1C(=O)Nc1ccc(N2CCN(C)CC2)cc1. The van der Waals surface area contributed by atoms with E-state index in [1.807, 2.05) is 37.3 Å². The highest BCUT2D eigenvalue weighted by atomic mass is 16.5. The Morgan fingerprint density at radius 2 is 1.72 bits per heavy atom. The molecular formula is C20H25N3O2. The Bertz CT molecular complexity index is 707. The van der Waals surface area contributed by atoms with Crippen molar-refractivity contribution in [2.24, 2.45) is 0 Å². The molecule has 1 saturated heterocycles. The number of benzene rings is 2. The molecule has 1 aliphatic rings. The van der Waals surface area contributed by atoms with E-state index in [1.165, 1.54) is 5.69 Å². The van der Waals surface area contributed by atoms with Crippen molar-refractivity contribution in [2.45, 2.75) is 6.92 Å². The fourth-order valence-electron chi connectivity index (χ4n) is 2.95. The van der Waals surface area contributed by atoms with Crippen molar-refractivity contribution in [3.63, 3.8) is 0 Å². The van der Waals surface area contributed by atoms with E-state index in [4.69, 9.17) is 4.74 Å². The summed E-state index contributed by atoms with van der Waals surface area (Å²) in [6.45, 7) is 6.66. The zero-order valence-electron chi connectivity index (χ0n) is 14.9. The number of carbonyl (C=O) groups is 1. The number of nitrogens with one attached hydrogen (secondary N) is 1. The Morgan fingerprint density at radius 1 is 1.04 bits per heavy atom. The lowest BCUT2D eigenvalue weighted by molar-refractivity contribution is 0.102. The van der Waals surface area contributed by atoms with Crippen molar-refractivity contribution < 1.29 is 9.53 Å². The Hall–Kier alpha value is -2.53. The molecule has 0 atom stereocenters. The fourth-order valence-corrected chi connectivity index (χ4v) is 2.95. The van der Waals surface area contributed by atoms with Gasteiger partial charge in [0.05, 0.1) is 12.2 Å². The van der Waals surface area contributed by atoms with Crippen molar-refractivity contribution in [1.82, 2.24) is 4.90 Å². The van der Waals surface area contributed by atoms with Gasteiger partial charge in [0.1, 0.15) is 5.75 Å². The van der Waals surface area contributed by atoms with E-state index in [-0.39, 0.29) is 5.91 Å². The molecule has 132 valence electrons. The maximum atomic E-state index is 12.5. The monoisotopic (exact) mass is 339 g/mol. The molecular weight excluding hydrogens is 314 g/mol. The number of nitrogens with zero attached hydrogens (tertiary/aromatic N) is 2. The van der Waals surface area contributed by atoms with Crippen molar-refractivity contribution in [1.29, 1.82) is 0 Å². The van der Waals surface area contributed by atoms with Gasteiger partial charge < -0.3 is 19.9 Å². The van der Waals surface area contributed by atoms with Gasteiger partial charge in [0.25, 0.3) is 5.91 Å². The van der Waals surface area contributed by atoms with Crippen molar-refractivity contribution >= 4 is 17.3 Å². The van der Waals surface area contributed by atoms with Gasteiger partial charge in [0.15, 0.2) is 0 Å². The molecule has 2 aromatic carbocycles. The van der Waals surface area contributed by atoms with E-state index in [1.54, 1.807) is 6.07 Å². The second kappa shape index (κ2) is 8.03. The largest absolute Gasteiger partial charge is 0.493 e. The van der Waals surface area contributed by atoms with Gasteiger partial charge >= 0.3 is 0 Å². The maximum Gasteiger partial charge on any atom is 0.259 e. The van der Waals surface area contributed by atoms with Gasteiger partial charge in [-0.15, -0.1) is 0 Å². The van der Waals surface area contributed by atoms with Crippen LogP contribution in [0.5, 0.6) is 5.75 Å². The van der Waals surface area contributed by atoms with Crippen molar-refractivity contribution in [3.05, 3.63) is 54.1 Å². The molecule has 5 nitrogen and oxygen atoms in total. The average molecular weight is 339 g/mol. The van der Waals surface area contributed by atoms with Gasteiger partial charge in [-0.05, 0) is 50.4 Å². The van der Waals surface area contributed by atoms with Crippen LogP contribution in [0.25, 0.3) is 0 Å². The quantitative estimate of drug-likeness (QED) is 0.909. The standard InChI is InChI=1S/C20H25N3O2/c1-3-25-19-7-5-4-6-18(19)20(24)21-16-8-10-17(11-9-16)23-14-12-22(2)13-15-23/h4-11H,3,12-15H2,1-2H3,(H,21,24). The number of piperazine rings is 1. The summed E-state index contributed by atoms with van der Waals surface area (Å²) in [7, 11) is 2.15. The Labute approximate surface area is 149 Å². The first-order valence-corrected chi connectivity index (χ1v) is 8.74. The van der Waals surface area contributed by atoms with E-state index in [9.17, 15) is 4.79 Å². The molecule has 5 heteroatoms. The molecule has 0 spiro atoms. The van der Waals surface area contributed by atoms with Crippen LogP contribution in [-0.4, -0.2) is 50.6 Å². The van der Waals surface area contributed by atoms with Gasteiger partial charge in [-0.25, -0.2) is 0 Å². The summed E-state index contributed by atoms with van der Waals surface area (Å²) in [6.07, 6.45) is 0. The first-order chi connectivity index (χ1) is 12.2. The summed E-state index contributed by atoms with van der Waals surface area (Å²) >= 11 is 0. The van der Waals surface area contributed by atoms with Gasteiger partial charge in [0.2, 0.25) is 0 Å². The molecule has 0 radical (unpaired) electrons. The summed E-state index contributed by atoms with van der Waals surface area (Å²) in [4.78, 5) is 17.2. The number of anilines is 2. The van der Waals surface area contributed by atoms with Crippen molar-refractivity contribution in [2.75, 3.05) is 50.1 Å². The lowest BCUT2D eigenvalue weighted by Crippen LogP contribution is -2.44. The third-order valence-electron chi connectivity index (χ3n) is 4.43. The molecule has 0 unspecified atom stereocenters. The third-order valence-corrected chi connectivity index (χ3v) is 4.43. The second-order valence-corrected chi connectivity index (χ2v) is 6.22. The van der Waals surface area contributed by atoms with Crippen molar-refractivity contribution in [3.8, 4) is 5.75 Å². The number of likely N-dealkylation sites (N-methyl/N-ethyl adjacent to an activating group) is 1. The first kappa shape index (κ1) is 17.3. The number of hydrogen-bond acceptors (Lipinski definition) is 4. The Morgan fingerprint density at radius 3 is 2.40 bits per heavy atom. The molecule has 25 heavy (non-hydrogen) atoms. The number of rotatable bonds is 5. The predicted molar refractivity (Wildman–Crippen MR) is 102 cm³/mol. The maximum absolute atomic E-state index is 12.5. The molecule has 1 N–H and O–H groups in total. The van der Waals surface area contributed by atoms with Crippen LogP contribution in [-0.2, 0) is 0 Å². The molecule has 3 rings (SSSR count). The summed E-state index contributed by atoms with van der Waals surface area (Å²) < 4.78 is 5.53. The minimum absolute atomic E-state index is 0.156. The second-order valence-electron chi connectivity index (χ2n) is 6.22. The van der Waals surface area contributed by atoms with Crippen LogP contribution in [0.15, 0.2) is 48.5 Å². The van der Waals surface area contributed by atoms with E-state index in [0.717, 1.165) is 31.9 Å². The Kier molecular flexibility index (Phi) is 5.56. The van der Waals surface area contributed by atoms with Gasteiger partial charge in [-0.3, -0.25) is 4.79 Å². The van der Waals surface area contributed by atoms with Crippen LogP contribution >= 0.6 is 0 Å². The van der Waals surface area contributed by atoms with Crippen LogP contribution in [0.2, 0.25) is 0 Å². The molecule has 0 aromatic heterocycles. The lowest BCUT2D eigenvalue weighted by atomic mass is 10.1. The first-order valence-electron chi connectivity index (χ1n) is 8.74. The molecule has 0 bridgehead atoms. The van der Waals surface area contributed by atoms with Crippen LogP contribution in [0.3, 0.4) is 0 Å². The van der Waals surface area contributed by atoms with E-state index < -0.39 is 0 Å². The minimum Gasteiger partial charge on any atom is -0.493 e. The Balaban J connectivity index is 1.66. The molecule has 0 aliphatic carbocycles. The van der Waals surface area contributed by atoms with Crippen LogP contribution in [0.1, 0.15) is 17.3 Å². The predicted octanol–water partition coefficient (Wildman–Crippen LogP) is 3.09.